The number of carbonyl (C=O) groups is 4. The summed E-state index contributed by atoms with van der Waals surface area (Å²) in [7, 11) is 0. The summed E-state index contributed by atoms with van der Waals surface area (Å²) in [5, 5.41) is 2.71. The van der Waals surface area contributed by atoms with E-state index in [0.717, 1.165) is 26.9 Å². The van der Waals surface area contributed by atoms with E-state index in [2.05, 4.69) is 53.1 Å². The van der Waals surface area contributed by atoms with Crippen LogP contribution in [0.3, 0.4) is 0 Å². The van der Waals surface area contributed by atoms with Crippen LogP contribution in [-0.4, -0.2) is 51.4 Å². The highest BCUT2D eigenvalue weighted by molar-refractivity contribution is 9.12. The number of rotatable bonds is 5. The van der Waals surface area contributed by atoms with Crippen LogP contribution >= 0.6 is 47.8 Å². The minimum absolute atomic E-state index is 0.0835. The largest absolute Gasteiger partial charge is 0.454 e. The number of amides is 3. The topological polar surface area (TPSA) is 92.8 Å². The Kier molecular flexibility index (Phi) is 6.35. The molecule has 0 aromatic heterocycles. The maximum Gasteiger partial charge on any atom is 0.326 e. The Labute approximate surface area is 205 Å². The number of benzene rings is 1. The summed E-state index contributed by atoms with van der Waals surface area (Å²) in [5.41, 5.74) is 2.45. The first-order chi connectivity index (χ1) is 14.6. The number of anilines is 1. The second-order valence-corrected chi connectivity index (χ2v) is 11.4. The molecule has 1 aliphatic heterocycles. The third-order valence-corrected chi connectivity index (χ3v) is 10.6. The van der Waals surface area contributed by atoms with Gasteiger partial charge in [-0.25, -0.2) is 0 Å². The quantitative estimate of drug-likeness (QED) is 0.310. The lowest BCUT2D eigenvalue weighted by Crippen LogP contribution is -2.38. The summed E-state index contributed by atoms with van der Waals surface area (Å²) in [6, 6.07) is 3.71. The molecule has 6 atom stereocenters. The van der Waals surface area contributed by atoms with Crippen LogP contribution in [0.4, 0.5) is 5.69 Å². The molecule has 7 nitrogen and oxygen atoms in total. The van der Waals surface area contributed by atoms with Crippen LogP contribution in [0.25, 0.3) is 0 Å². The Balaban J connectivity index is 1.33. The number of fused-ring (bicyclic) bond motifs is 5. The van der Waals surface area contributed by atoms with Crippen molar-refractivity contribution in [1.29, 1.82) is 0 Å². The fourth-order valence-electron chi connectivity index (χ4n) is 4.99. The second-order valence-electron chi connectivity index (χ2n) is 8.39. The summed E-state index contributed by atoms with van der Waals surface area (Å²) in [6.45, 7) is 2.80. The zero-order valence-electron chi connectivity index (χ0n) is 16.9. The highest BCUT2D eigenvalue weighted by Gasteiger charge is 2.66. The predicted molar refractivity (Wildman–Crippen MR) is 124 cm³/mol. The van der Waals surface area contributed by atoms with Crippen LogP contribution in [0.2, 0.25) is 0 Å². The molecule has 1 heterocycles. The minimum atomic E-state index is -0.779. The number of hydrogen-bond acceptors (Lipinski definition) is 5. The average molecular weight is 621 g/mol. The fourth-order valence-corrected chi connectivity index (χ4v) is 7.32. The van der Waals surface area contributed by atoms with E-state index in [1.807, 2.05) is 26.0 Å². The molecule has 10 heteroatoms. The van der Waals surface area contributed by atoms with Gasteiger partial charge >= 0.3 is 5.97 Å². The molecular weight excluding hydrogens is 600 g/mol. The van der Waals surface area contributed by atoms with Crippen LogP contribution in [-0.2, 0) is 23.9 Å². The van der Waals surface area contributed by atoms with E-state index in [4.69, 9.17) is 4.74 Å². The molecule has 1 N–H and O–H groups in total. The van der Waals surface area contributed by atoms with E-state index in [1.165, 1.54) is 0 Å². The molecule has 0 radical (unpaired) electrons. The molecule has 31 heavy (non-hydrogen) atoms. The standard InChI is InChI=1S/C21H21Br3N2O5/c1-8-4-13(9(2)3-12(8)22)25-14(27)7-31-15(28)6-26-20(29)16-10-5-11(17(16)21(26)30)19(24)18(10)23/h3-4,10-11,16-19H,5-7H2,1-2H3,(H,25,27)/t10-,11-,16-,17-,18+,19+/m1/s1. The van der Waals surface area contributed by atoms with Gasteiger partial charge in [0.05, 0.1) is 11.8 Å². The molecule has 2 saturated carbocycles. The first-order valence-corrected chi connectivity index (χ1v) is 12.6. The first kappa shape index (κ1) is 22.9. The lowest BCUT2D eigenvalue weighted by Gasteiger charge is -2.28. The lowest BCUT2D eigenvalue weighted by atomic mass is 9.81. The monoisotopic (exact) mass is 618 g/mol. The maximum absolute atomic E-state index is 12.8. The Hall–Kier alpha value is -1.26. The van der Waals surface area contributed by atoms with Crippen molar-refractivity contribution in [3.05, 3.63) is 27.7 Å². The number of halogens is 3. The van der Waals surface area contributed by atoms with E-state index in [0.29, 0.717) is 5.69 Å². The highest BCUT2D eigenvalue weighted by Crippen LogP contribution is 2.60. The number of likely N-dealkylation sites (tertiary alicyclic amines) is 1. The van der Waals surface area contributed by atoms with Crippen molar-refractivity contribution in [2.24, 2.45) is 23.7 Å². The molecule has 2 aliphatic carbocycles. The lowest BCUT2D eigenvalue weighted by molar-refractivity contribution is -0.154. The van der Waals surface area contributed by atoms with Gasteiger partial charge in [-0.3, -0.25) is 24.1 Å². The number of nitrogens with one attached hydrogen (secondary N) is 1. The predicted octanol–water partition coefficient (Wildman–Crippen LogP) is 3.33. The molecule has 1 saturated heterocycles. The number of imide groups is 1. The third-order valence-electron chi connectivity index (χ3n) is 6.51. The molecule has 3 aliphatic rings. The Bertz CT molecular complexity index is 952. The van der Waals surface area contributed by atoms with Crippen molar-refractivity contribution in [2.75, 3.05) is 18.5 Å². The number of esters is 1. The Morgan fingerprint density at radius 3 is 2.23 bits per heavy atom. The van der Waals surface area contributed by atoms with Crippen molar-refractivity contribution in [2.45, 2.75) is 29.9 Å². The fraction of sp³-hybridized carbons (Fsp3) is 0.524. The first-order valence-electron chi connectivity index (χ1n) is 9.95. The van der Waals surface area contributed by atoms with Gasteiger partial charge in [-0.1, -0.05) is 47.8 Å². The maximum atomic E-state index is 12.8. The van der Waals surface area contributed by atoms with Gasteiger partial charge in [-0.05, 0) is 55.4 Å². The van der Waals surface area contributed by atoms with Gasteiger partial charge in [0.15, 0.2) is 6.61 Å². The van der Waals surface area contributed by atoms with E-state index in [-0.39, 0.29) is 45.1 Å². The number of nitrogens with zero attached hydrogens (tertiary/aromatic N) is 1. The van der Waals surface area contributed by atoms with Crippen molar-refractivity contribution in [3.63, 3.8) is 0 Å². The minimum Gasteiger partial charge on any atom is -0.454 e. The molecule has 3 amide bonds. The van der Waals surface area contributed by atoms with Gasteiger partial charge in [0.2, 0.25) is 11.8 Å². The zero-order chi connectivity index (χ0) is 22.6. The molecule has 4 rings (SSSR count). The molecule has 2 bridgehead atoms. The molecular formula is C21H21Br3N2O5. The normalized spacial score (nSPS) is 31.2. The summed E-state index contributed by atoms with van der Waals surface area (Å²) in [6.07, 6.45) is 0.825. The van der Waals surface area contributed by atoms with E-state index in [1.54, 1.807) is 0 Å². The van der Waals surface area contributed by atoms with Crippen LogP contribution in [0.15, 0.2) is 16.6 Å². The van der Waals surface area contributed by atoms with Gasteiger partial charge in [-0.2, -0.15) is 0 Å². The summed E-state index contributed by atoms with van der Waals surface area (Å²) in [5.74, 6) is -2.48. The van der Waals surface area contributed by atoms with Crippen LogP contribution in [0.1, 0.15) is 17.5 Å². The van der Waals surface area contributed by atoms with Crippen LogP contribution in [0, 0.1) is 37.5 Å². The summed E-state index contributed by atoms with van der Waals surface area (Å²) >= 11 is 10.7. The highest BCUT2D eigenvalue weighted by atomic mass is 79.9. The molecule has 166 valence electrons. The zero-order valence-corrected chi connectivity index (χ0v) is 21.6. The van der Waals surface area contributed by atoms with E-state index >= 15 is 0 Å². The SMILES string of the molecule is Cc1cc(NC(=O)COC(=O)CN2C(=O)[C@@H]3[C@H]4C[C@@H]([C@H](Br)[C@H]4Br)[C@H]3C2=O)c(C)cc1Br. The smallest absolute Gasteiger partial charge is 0.326 e. The van der Waals surface area contributed by atoms with Gasteiger partial charge in [0.1, 0.15) is 6.54 Å². The van der Waals surface area contributed by atoms with Crippen molar-refractivity contribution in [1.82, 2.24) is 4.90 Å². The second kappa shape index (κ2) is 8.59. The van der Waals surface area contributed by atoms with E-state index in [9.17, 15) is 19.2 Å². The number of aryl methyl sites for hydroxylation is 2. The number of hydrogen-bond donors (Lipinski definition) is 1. The van der Waals surface area contributed by atoms with Gasteiger partial charge in [0, 0.05) is 19.8 Å². The van der Waals surface area contributed by atoms with Crippen molar-refractivity contribution < 1.29 is 23.9 Å². The van der Waals surface area contributed by atoms with Gasteiger partial charge in [-0.15, -0.1) is 0 Å². The van der Waals surface area contributed by atoms with Gasteiger partial charge < -0.3 is 10.1 Å². The number of alkyl halides is 2. The van der Waals surface area contributed by atoms with Crippen LogP contribution < -0.4 is 5.32 Å². The van der Waals surface area contributed by atoms with Gasteiger partial charge in [0.25, 0.3) is 5.91 Å². The summed E-state index contributed by atoms with van der Waals surface area (Å²) in [4.78, 5) is 51.4. The molecule has 0 unspecified atom stereocenters. The average Bonchev–Trinajstić information content (AvgIpc) is 3.31. The molecule has 0 spiro atoms. The van der Waals surface area contributed by atoms with E-state index < -0.39 is 25.0 Å². The molecule has 3 fully saturated rings. The number of ether oxygens (including phenoxy) is 1. The third kappa shape index (κ3) is 3.99. The Morgan fingerprint density at radius 2 is 1.65 bits per heavy atom. The molecule has 1 aromatic rings. The Morgan fingerprint density at radius 1 is 1.06 bits per heavy atom. The number of carbonyl (C=O) groups excluding carboxylic acids is 4. The summed E-state index contributed by atoms with van der Waals surface area (Å²) < 4.78 is 5.97. The molecule has 1 aromatic carbocycles. The van der Waals surface area contributed by atoms with Crippen molar-refractivity contribution >= 4 is 77.2 Å². The van der Waals surface area contributed by atoms with Crippen molar-refractivity contribution in [3.8, 4) is 0 Å². The van der Waals surface area contributed by atoms with Crippen LogP contribution in [0.5, 0.6) is 0 Å².